The van der Waals surface area contributed by atoms with Crippen LogP contribution >= 0.6 is 0 Å². The van der Waals surface area contributed by atoms with Crippen LogP contribution in [0.2, 0.25) is 0 Å². The average Bonchev–Trinajstić information content (AvgIpc) is 3.54. The molecule has 2 N–H and O–H groups in total. The molecule has 0 bridgehead atoms. The van der Waals surface area contributed by atoms with E-state index in [4.69, 9.17) is 4.74 Å². The van der Waals surface area contributed by atoms with Crippen molar-refractivity contribution in [3.8, 4) is 0 Å². The number of rotatable bonds is 6. The molecule has 2 saturated heterocycles. The van der Waals surface area contributed by atoms with Gasteiger partial charge in [0, 0.05) is 44.8 Å². The van der Waals surface area contributed by atoms with Crippen LogP contribution in [-0.4, -0.2) is 65.9 Å². The Balaban J connectivity index is 1.30. The lowest BCUT2D eigenvalue weighted by atomic mass is 9.95. The van der Waals surface area contributed by atoms with Crippen LogP contribution in [0.15, 0.2) is 36.4 Å². The summed E-state index contributed by atoms with van der Waals surface area (Å²) in [6.07, 6.45) is 1.20. The van der Waals surface area contributed by atoms with Crippen molar-refractivity contribution in [1.82, 2.24) is 15.1 Å². The van der Waals surface area contributed by atoms with Crippen LogP contribution in [0.1, 0.15) is 23.1 Å². The van der Waals surface area contributed by atoms with E-state index < -0.39 is 35.0 Å². The number of anilines is 1. The lowest BCUT2D eigenvalue weighted by Crippen LogP contribution is -2.48. The highest BCUT2D eigenvalue weighted by Gasteiger charge is 2.54. The summed E-state index contributed by atoms with van der Waals surface area (Å²) in [4.78, 5) is 53.2. The van der Waals surface area contributed by atoms with Crippen molar-refractivity contribution >= 4 is 29.4 Å². The highest BCUT2D eigenvalue weighted by molar-refractivity contribution is 6.07. The van der Waals surface area contributed by atoms with Crippen LogP contribution in [0.5, 0.6) is 0 Å². The van der Waals surface area contributed by atoms with Crippen LogP contribution in [0.3, 0.4) is 0 Å². The summed E-state index contributed by atoms with van der Waals surface area (Å²) in [5.41, 5.74) is 1.46. The van der Waals surface area contributed by atoms with Gasteiger partial charge in [-0.15, -0.1) is 0 Å². The summed E-state index contributed by atoms with van der Waals surface area (Å²) in [5, 5.41) is 5.12. The predicted octanol–water partition coefficient (Wildman–Crippen LogP) is 1.99. The molecule has 5 rings (SSSR count). The first-order valence-corrected chi connectivity index (χ1v) is 12.0. The number of hydrogen-bond acceptors (Lipinski definition) is 5. The molecule has 37 heavy (non-hydrogen) atoms. The molecule has 2 heterocycles. The fraction of sp³-hybridized carbons (Fsp3) is 0.385. The van der Waals surface area contributed by atoms with Gasteiger partial charge in [-0.2, -0.15) is 0 Å². The Morgan fingerprint density at radius 1 is 1.14 bits per heavy atom. The summed E-state index contributed by atoms with van der Waals surface area (Å²) in [7, 11) is 1.58. The van der Waals surface area contributed by atoms with Crippen LogP contribution in [0.25, 0.3) is 0 Å². The first kappa shape index (κ1) is 24.8. The number of hydrogen-bond donors (Lipinski definition) is 2. The third-order valence-electron chi connectivity index (χ3n) is 7.27. The van der Waals surface area contributed by atoms with Gasteiger partial charge in [0.1, 0.15) is 23.7 Å². The molecule has 5 amide bonds. The molecule has 1 unspecified atom stereocenters. The average molecular weight is 513 g/mol. The molecule has 3 aliphatic rings. The van der Waals surface area contributed by atoms with Gasteiger partial charge in [-0.1, -0.05) is 6.07 Å². The van der Waals surface area contributed by atoms with Crippen molar-refractivity contribution < 1.29 is 32.7 Å². The Labute approximate surface area is 211 Å². The molecule has 0 saturated carbocycles. The molecule has 0 aromatic heterocycles. The maximum Gasteiger partial charge on any atom is 0.324 e. The minimum atomic E-state index is -0.977. The van der Waals surface area contributed by atoms with Crippen LogP contribution < -0.4 is 10.6 Å². The number of carbonyl (C=O) groups excluding carboxylic acids is 4. The molecule has 194 valence electrons. The van der Waals surface area contributed by atoms with E-state index in [1.54, 1.807) is 25.2 Å². The van der Waals surface area contributed by atoms with Crippen molar-refractivity contribution in [1.29, 1.82) is 0 Å². The van der Waals surface area contributed by atoms with Gasteiger partial charge in [-0.05, 0) is 47.4 Å². The highest BCUT2D eigenvalue weighted by atomic mass is 19.1. The largest absolute Gasteiger partial charge is 0.381 e. The Kier molecular flexibility index (Phi) is 6.40. The summed E-state index contributed by atoms with van der Waals surface area (Å²) in [5.74, 6) is -3.12. The highest BCUT2D eigenvalue weighted by Crippen LogP contribution is 2.38. The van der Waals surface area contributed by atoms with E-state index in [2.05, 4.69) is 10.6 Å². The van der Waals surface area contributed by atoms with E-state index in [0.29, 0.717) is 31.6 Å². The van der Waals surface area contributed by atoms with Gasteiger partial charge in [0.05, 0.1) is 12.5 Å². The van der Waals surface area contributed by atoms with Crippen molar-refractivity contribution in [3.63, 3.8) is 0 Å². The van der Waals surface area contributed by atoms with Gasteiger partial charge in [-0.3, -0.25) is 19.7 Å². The quantitative estimate of drug-likeness (QED) is 0.576. The van der Waals surface area contributed by atoms with E-state index in [1.807, 2.05) is 0 Å². The van der Waals surface area contributed by atoms with Gasteiger partial charge < -0.3 is 19.9 Å². The van der Waals surface area contributed by atoms with E-state index in [1.165, 1.54) is 9.80 Å². The summed E-state index contributed by atoms with van der Waals surface area (Å²) < 4.78 is 32.8. The number of urea groups is 1. The molecule has 2 aromatic rings. The zero-order valence-corrected chi connectivity index (χ0v) is 20.2. The Hall–Kier alpha value is -3.86. The smallest absolute Gasteiger partial charge is 0.324 e. The maximum atomic E-state index is 13.7. The molecular formula is C26H26F2N4O5. The minimum Gasteiger partial charge on any atom is -0.381 e. The minimum absolute atomic E-state index is 0.139. The standard InChI is InChI=1S/C26H26F2N4O5/c1-31-25(36)30-24(35)26(31)10-16-2-3-21(8-18(16)11-26)29-22(33)13-32(23(34)17-4-5-37-14-17)12-15-6-19(27)9-20(28)7-15/h2-3,6-9,17H,4-5,10-14H2,1H3,(H,29,33)(H,30,35,36)/t17?,26-/m0/s1. The number of fused-ring (bicyclic) bond motifs is 1. The zero-order valence-electron chi connectivity index (χ0n) is 20.2. The van der Waals surface area contributed by atoms with Crippen molar-refractivity contribution in [2.24, 2.45) is 5.92 Å². The van der Waals surface area contributed by atoms with E-state index >= 15 is 0 Å². The lowest BCUT2D eigenvalue weighted by Gasteiger charge is -2.27. The fourth-order valence-electron chi connectivity index (χ4n) is 5.27. The normalized spacial score (nSPS) is 22.4. The van der Waals surface area contributed by atoms with Crippen molar-refractivity contribution in [2.75, 3.05) is 32.1 Å². The number of ether oxygens (including phenoxy) is 1. The number of likely N-dealkylation sites (N-methyl/N-ethyl adjacent to an activating group) is 1. The van der Waals surface area contributed by atoms with Crippen LogP contribution in [0.4, 0.5) is 19.3 Å². The van der Waals surface area contributed by atoms with Gasteiger partial charge in [0.15, 0.2) is 0 Å². The number of imide groups is 1. The lowest BCUT2D eigenvalue weighted by molar-refractivity contribution is -0.139. The molecule has 11 heteroatoms. The monoisotopic (exact) mass is 512 g/mol. The van der Waals surface area contributed by atoms with Gasteiger partial charge in [-0.25, -0.2) is 13.6 Å². The van der Waals surface area contributed by atoms with Gasteiger partial charge >= 0.3 is 6.03 Å². The molecule has 2 fully saturated rings. The molecule has 2 atom stereocenters. The number of nitrogens with zero attached hydrogens (tertiary/aromatic N) is 2. The maximum absolute atomic E-state index is 13.7. The Bertz CT molecular complexity index is 1280. The Morgan fingerprint density at radius 3 is 2.51 bits per heavy atom. The first-order chi connectivity index (χ1) is 17.6. The molecule has 2 aromatic carbocycles. The summed E-state index contributed by atoms with van der Waals surface area (Å²) in [6, 6.07) is 7.81. The van der Waals surface area contributed by atoms with Gasteiger partial charge in [0.25, 0.3) is 5.91 Å². The number of carbonyl (C=O) groups is 4. The second-order valence-corrected chi connectivity index (χ2v) is 9.77. The fourth-order valence-corrected chi connectivity index (χ4v) is 5.27. The third kappa shape index (κ3) is 4.78. The van der Waals surface area contributed by atoms with E-state index in [0.717, 1.165) is 29.3 Å². The molecular weight excluding hydrogens is 486 g/mol. The molecule has 1 spiro atoms. The number of benzene rings is 2. The topological polar surface area (TPSA) is 108 Å². The second kappa shape index (κ2) is 9.55. The molecule has 2 aliphatic heterocycles. The van der Waals surface area contributed by atoms with E-state index in [9.17, 15) is 28.0 Å². The predicted molar refractivity (Wildman–Crippen MR) is 127 cm³/mol. The third-order valence-corrected chi connectivity index (χ3v) is 7.27. The number of amides is 5. The molecule has 9 nitrogen and oxygen atoms in total. The van der Waals surface area contributed by atoms with Crippen LogP contribution in [0, 0.1) is 17.6 Å². The van der Waals surface area contributed by atoms with Crippen molar-refractivity contribution in [3.05, 3.63) is 64.7 Å². The first-order valence-electron chi connectivity index (χ1n) is 12.0. The molecule has 1 aliphatic carbocycles. The second-order valence-electron chi connectivity index (χ2n) is 9.77. The summed E-state index contributed by atoms with van der Waals surface area (Å²) >= 11 is 0. The SMILES string of the molecule is CN1C(=O)NC(=O)[C@@]12Cc1ccc(NC(=O)CN(Cc3cc(F)cc(F)c3)C(=O)C3CCOC3)cc1C2. The number of nitrogens with one attached hydrogen (secondary N) is 2. The van der Waals surface area contributed by atoms with Gasteiger partial charge in [0.2, 0.25) is 11.8 Å². The van der Waals surface area contributed by atoms with Crippen LogP contribution in [-0.2, 0) is 38.5 Å². The van der Waals surface area contributed by atoms with E-state index in [-0.39, 0.29) is 37.1 Å². The summed E-state index contributed by atoms with van der Waals surface area (Å²) in [6.45, 7) is 0.194. The van der Waals surface area contributed by atoms with Crippen molar-refractivity contribution in [2.45, 2.75) is 31.3 Å². The zero-order chi connectivity index (χ0) is 26.3. The Morgan fingerprint density at radius 2 is 1.86 bits per heavy atom. The molecule has 0 radical (unpaired) electrons. The number of halogens is 2.